The maximum Gasteiger partial charge on any atom is 0.168 e. The lowest BCUT2D eigenvalue weighted by Gasteiger charge is -2.26. The van der Waals surface area contributed by atoms with Crippen LogP contribution in [-0.4, -0.2) is 43.6 Å². The molecule has 1 unspecified atom stereocenters. The zero-order chi connectivity index (χ0) is 13.7. The number of nitrogens with zero attached hydrogens (tertiary/aromatic N) is 1. The zero-order valence-electron chi connectivity index (χ0n) is 11.8. The van der Waals surface area contributed by atoms with Gasteiger partial charge in [-0.15, -0.1) is 0 Å². The highest BCUT2D eigenvalue weighted by Gasteiger charge is 2.35. The van der Waals surface area contributed by atoms with Crippen molar-refractivity contribution in [1.82, 2.24) is 4.98 Å². The first-order chi connectivity index (χ1) is 9.15. The summed E-state index contributed by atoms with van der Waals surface area (Å²) in [6.45, 7) is 6.02. The van der Waals surface area contributed by atoms with Crippen molar-refractivity contribution in [3.8, 4) is 5.75 Å². The highest BCUT2D eigenvalue weighted by Crippen LogP contribution is 2.26. The summed E-state index contributed by atoms with van der Waals surface area (Å²) in [5.74, 6) is 1.52. The average Bonchev–Trinajstić information content (AvgIpc) is 2.87. The van der Waals surface area contributed by atoms with Gasteiger partial charge in [0.1, 0.15) is 5.60 Å². The predicted molar refractivity (Wildman–Crippen MR) is 73.7 cm³/mol. The molecule has 0 spiro atoms. The summed E-state index contributed by atoms with van der Waals surface area (Å²) in [5, 5.41) is 3.31. The van der Waals surface area contributed by atoms with Crippen LogP contribution in [0.1, 0.15) is 20.3 Å². The molecule has 0 radical (unpaired) electrons. The molecule has 1 aromatic rings. The second-order valence-electron chi connectivity index (χ2n) is 5.06. The van der Waals surface area contributed by atoms with Crippen molar-refractivity contribution < 1.29 is 14.2 Å². The molecular weight excluding hydrogens is 244 g/mol. The van der Waals surface area contributed by atoms with E-state index in [2.05, 4.69) is 10.3 Å². The topological polar surface area (TPSA) is 52.6 Å². The molecule has 1 aromatic heterocycles. The van der Waals surface area contributed by atoms with Crippen LogP contribution in [0.15, 0.2) is 18.3 Å². The number of rotatable bonds is 6. The van der Waals surface area contributed by atoms with Crippen molar-refractivity contribution in [2.75, 3.05) is 32.2 Å². The first-order valence-corrected chi connectivity index (χ1v) is 6.64. The molecule has 0 aromatic carbocycles. The lowest BCUT2D eigenvalue weighted by molar-refractivity contribution is -0.00629. The molecule has 1 atom stereocenters. The first kappa shape index (κ1) is 14.1. The summed E-state index contributed by atoms with van der Waals surface area (Å²) in [4.78, 5) is 4.33. The van der Waals surface area contributed by atoms with Gasteiger partial charge >= 0.3 is 0 Å². The molecule has 19 heavy (non-hydrogen) atoms. The molecule has 0 aliphatic carbocycles. The van der Waals surface area contributed by atoms with Crippen molar-refractivity contribution in [3.63, 3.8) is 0 Å². The molecule has 106 valence electrons. The Bertz CT molecular complexity index is 403. The Hall–Kier alpha value is -1.33. The molecule has 1 fully saturated rings. The van der Waals surface area contributed by atoms with Crippen LogP contribution in [0, 0.1) is 0 Å². The molecule has 0 bridgehead atoms. The molecule has 1 N–H and O–H groups in total. The summed E-state index contributed by atoms with van der Waals surface area (Å²) in [7, 11) is 1.72. The number of aromatic nitrogens is 1. The van der Waals surface area contributed by atoms with Crippen LogP contribution in [0.5, 0.6) is 5.75 Å². The molecule has 0 saturated carbocycles. The van der Waals surface area contributed by atoms with Gasteiger partial charge in [-0.1, -0.05) is 0 Å². The second kappa shape index (κ2) is 6.21. The monoisotopic (exact) mass is 266 g/mol. The number of ether oxygens (including phenoxy) is 3. The lowest BCUT2D eigenvalue weighted by Crippen LogP contribution is -2.39. The number of pyridine rings is 1. The number of nitrogens with one attached hydrogen (secondary N) is 1. The Balaban J connectivity index is 2.02. The van der Waals surface area contributed by atoms with E-state index in [4.69, 9.17) is 14.2 Å². The standard InChI is InChI=1S/C14H22N2O3/c1-11(2)19-12-5-4-7-15-13(12)16-9-14(17-3)6-8-18-10-14/h4-5,7,11H,6,8-10H2,1-3H3,(H,15,16). The van der Waals surface area contributed by atoms with E-state index < -0.39 is 0 Å². The summed E-state index contributed by atoms with van der Waals surface area (Å²) in [6.07, 6.45) is 2.76. The molecule has 5 nitrogen and oxygen atoms in total. The largest absolute Gasteiger partial charge is 0.487 e. The molecule has 2 rings (SSSR count). The van der Waals surface area contributed by atoms with E-state index in [9.17, 15) is 0 Å². The van der Waals surface area contributed by atoms with Gasteiger partial charge in [0.25, 0.3) is 0 Å². The van der Waals surface area contributed by atoms with Crippen LogP contribution in [0.2, 0.25) is 0 Å². The van der Waals surface area contributed by atoms with Crippen molar-refractivity contribution in [2.24, 2.45) is 0 Å². The fraction of sp³-hybridized carbons (Fsp3) is 0.643. The minimum atomic E-state index is -0.257. The van der Waals surface area contributed by atoms with Crippen molar-refractivity contribution >= 4 is 5.82 Å². The van der Waals surface area contributed by atoms with Gasteiger partial charge in [0, 0.05) is 32.9 Å². The number of anilines is 1. The minimum Gasteiger partial charge on any atom is -0.487 e. The van der Waals surface area contributed by atoms with Crippen LogP contribution in [0.25, 0.3) is 0 Å². The van der Waals surface area contributed by atoms with Crippen molar-refractivity contribution in [1.29, 1.82) is 0 Å². The Kier molecular flexibility index (Phi) is 4.61. The van der Waals surface area contributed by atoms with E-state index in [-0.39, 0.29) is 11.7 Å². The molecular formula is C14H22N2O3. The smallest absolute Gasteiger partial charge is 0.168 e. The summed E-state index contributed by atoms with van der Waals surface area (Å²) in [6, 6.07) is 3.79. The third-order valence-electron chi connectivity index (χ3n) is 3.21. The fourth-order valence-corrected chi connectivity index (χ4v) is 2.08. The Labute approximate surface area is 114 Å². The maximum atomic E-state index is 5.73. The van der Waals surface area contributed by atoms with Gasteiger partial charge in [-0.2, -0.15) is 0 Å². The molecule has 1 saturated heterocycles. The highest BCUT2D eigenvalue weighted by molar-refractivity contribution is 5.49. The number of hydrogen-bond acceptors (Lipinski definition) is 5. The maximum absolute atomic E-state index is 5.73. The van der Waals surface area contributed by atoms with Gasteiger partial charge in [0.2, 0.25) is 0 Å². The summed E-state index contributed by atoms with van der Waals surface area (Å²) < 4.78 is 16.7. The van der Waals surface area contributed by atoms with Crippen molar-refractivity contribution in [2.45, 2.75) is 32.0 Å². The van der Waals surface area contributed by atoms with E-state index in [0.29, 0.717) is 13.2 Å². The van der Waals surface area contributed by atoms with E-state index >= 15 is 0 Å². The zero-order valence-corrected chi connectivity index (χ0v) is 11.8. The average molecular weight is 266 g/mol. The second-order valence-corrected chi connectivity index (χ2v) is 5.06. The molecule has 0 amide bonds. The van der Waals surface area contributed by atoms with E-state index in [1.165, 1.54) is 0 Å². The SMILES string of the molecule is COC1(CNc2ncccc2OC(C)C)CCOC1. The number of methoxy groups -OCH3 is 1. The van der Waals surface area contributed by atoms with E-state index in [0.717, 1.165) is 24.6 Å². The van der Waals surface area contributed by atoms with Crippen LogP contribution < -0.4 is 10.1 Å². The fourth-order valence-electron chi connectivity index (χ4n) is 2.08. The van der Waals surface area contributed by atoms with Gasteiger partial charge in [-0.05, 0) is 26.0 Å². The first-order valence-electron chi connectivity index (χ1n) is 6.64. The normalized spacial score (nSPS) is 22.7. The molecule has 1 aliphatic rings. The Morgan fingerprint density at radius 2 is 2.37 bits per heavy atom. The van der Waals surface area contributed by atoms with Crippen LogP contribution in [0.4, 0.5) is 5.82 Å². The van der Waals surface area contributed by atoms with Gasteiger partial charge in [0.05, 0.1) is 12.7 Å². The summed E-state index contributed by atoms with van der Waals surface area (Å²) >= 11 is 0. The molecule has 1 aliphatic heterocycles. The van der Waals surface area contributed by atoms with E-state index in [1.807, 2.05) is 26.0 Å². The quantitative estimate of drug-likeness (QED) is 0.854. The van der Waals surface area contributed by atoms with Gasteiger partial charge in [-0.25, -0.2) is 4.98 Å². The van der Waals surface area contributed by atoms with Crippen LogP contribution in [0.3, 0.4) is 0 Å². The van der Waals surface area contributed by atoms with Crippen LogP contribution in [-0.2, 0) is 9.47 Å². The van der Waals surface area contributed by atoms with Gasteiger partial charge < -0.3 is 19.5 Å². The molecule has 5 heteroatoms. The third-order valence-corrected chi connectivity index (χ3v) is 3.21. The minimum absolute atomic E-state index is 0.121. The van der Waals surface area contributed by atoms with Crippen LogP contribution >= 0.6 is 0 Å². The lowest BCUT2D eigenvalue weighted by atomic mass is 10.0. The van der Waals surface area contributed by atoms with Gasteiger partial charge in [-0.3, -0.25) is 0 Å². The summed E-state index contributed by atoms with van der Waals surface area (Å²) in [5.41, 5.74) is -0.257. The predicted octanol–water partition coefficient (Wildman–Crippen LogP) is 2.09. The van der Waals surface area contributed by atoms with Crippen molar-refractivity contribution in [3.05, 3.63) is 18.3 Å². The van der Waals surface area contributed by atoms with Gasteiger partial charge in [0.15, 0.2) is 11.6 Å². The number of hydrogen-bond donors (Lipinski definition) is 1. The third kappa shape index (κ3) is 3.58. The van der Waals surface area contributed by atoms with E-state index in [1.54, 1.807) is 13.3 Å². The molecule has 2 heterocycles. The Morgan fingerprint density at radius 1 is 1.53 bits per heavy atom. The Morgan fingerprint density at radius 3 is 3.00 bits per heavy atom. The highest BCUT2D eigenvalue weighted by atomic mass is 16.5.